The van der Waals surface area contributed by atoms with E-state index in [0.29, 0.717) is 17.6 Å². The molecule has 1 aromatic carbocycles. The largest absolute Gasteiger partial charge is 0.383 e. The highest BCUT2D eigenvalue weighted by Gasteiger charge is 2.13. The average Bonchev–Trinajstić information content (AvgIpc) is 2.38. The molecule has 2 N–H and O–H groups in total. The summed E-state index contributed by atoms with van der Waals surface area (Å²) in [5, 5.41) is 0. The fourth-order valence-electron chi connectivity index (χ4n) is 2.31. The lowest BCUT2D eigenvalue weighted by atomic mass is 10.0. The predicted molar refractivity (Wildman–Crippen MR) is 87.1 cm³/mol. The zero-order valence-corrected chi connectivity index (χ0v) is 13.3. The zero-order valence-electron chi connectivity index (χ0n) is 12.5. The van der Waals surface area contributed by atoms with Gasteiger partial charge in [0.25, 0.3) is 0 Å². The van der Waals surface area contributed by atoms with Crippen LogP contribution in [0.15, 0.2) is 29.2 Å². The van der Waals surface area contributed by atoms with E-state index >= 15 is 0 Å². The van der Waals surface area contributed by atoms with Crippen molar-refractivity contribution in [2.75, 3.05) is 11.5 Å². The van der Waals surface area contributed by atoms with Crippen LogP contribution < -0.4 is 5.73 Å². The van der Waals surface area contributed by atoms with E-state index in [1.54, 1.807) is 0 Å². The maximum atomic E-state index is 6.08. The number of anilines is 1. The Balaban J connectivity index is 2.38. The number of hydrogen-bond donors (Lipinski definition) is 1. The van der Waals surface area contributed by atoms with E-state index in [-0.39, 0.29) is 0 Å². The van der Waals surface area contributed by atoms with Crippen molar-refractivity contribution < 1.29 is 0 Å². The van der Waals surface area contributed by atoms with Gasteiger partial charge in [-0.05, 0) is 30.7 Å². The molecule has 0 spiro atoms. The normalized spacial score (nSPS) is 11.1. The van der Waals surface area contributed by atoms with Crippen LogP contribution in [0.5, 0.6) is 0 Å². The molecular formula is C16H21N3S. The number of aryl methyl sites for hydroxylation is 1. The predicted octanol–water partition coefficient (Wildman–Crippen LogP) is 4.27. The minimum atomic E-state index is 0.340. The molecule has 2 aromatic rings. The first-order valence-electron chi connectivity index (χ1n) is 6.90. The first-order chi connectivity index (χ1) is 9.52. The van der Waals surface area contributed by atoms with E-state index in [0.717, 1.165) is 22.6 Å². The van der Waals surface area contributed by atoms with Crippen molar-refractivity contribution in [2.24, 2.45) is 0 Å². The van der Waals surface area contributed by atoms with Crippen molar-refractivity contribution in [3.63, 3.8) is 0 Å². The number of nitrogens with two attached hydrogens (primary N) is 1. The summed E-state index contributed by atoms with van der Waals surface area (Å²) in [4.78, 5) is 10.3. The fourth-order valence-corrected chi connectivity index (χ4v) is 2.98. The van der Waals surface area contributed by atoms with Gasteiger partial charge in [-0.1, -0.05) is 32.9 Å². The molecule has 0 unspecified atom stereocenters. The van der Waals surface area contributed by atoms with E-state index in [4.69, 9.17) is 5.73 Å². The Morgan fingerprint density at radius 1 is 1.15 bits per heavy atom. The van der Waals surface area contributed by atoms with Gasteiger partial charge >= 0.3 is 0 Å². The zero-order chi connectivity index (χ0) is 14.7. The molecule has 1 heterocycles. The molecule has 4 heteroatoms. The summed E-state index contributed by atoms with van der Waals surface area (Å²) in [7, 11) is 0. The number of hydrogen-bond acceptors (Lipinski definition) is 4. The molecule has 0 fully saturated rings. The monoisotopic (exact) mass is 287 g/mol. The second kappa shape index (κ2) is 6.27. The fraction of sp³-hybridized carbons (Fsp3) is 0.375. The SMILES string of the molecule is CCSc1ccc(-c2nc(C)c(C(C)C)c(N)n2)cc1. The molecule has 3 nitrogen and oxygen atoms in total. The highest BCUT2D eigenvalue weighted by Crippen LogP contribution is 2.27. The highest BCUT2D eigenvalue weighted by molar-refractivity contribution is 7.99. The molecule has 0 saturated carbocycles. The maximum absolute atomic E-state index is 6.08. The number of nitrogens with zero attached hydrogens (tertiary/aromatic N) is 2. The van der Waals surface area contributed by atoms with E-state index in [1.165, 1.54) is 4.90 Å². The molecule has 106 valence electrons. The summed E-state index contributed by atoms with van der Waals surface area (Å²) in [5.41, 5.74) is 9.11. The Kier molecular flexibility index (Phi) is 4.65. The third-order valence-electron chi connectivity index (χ3n) is 3.17. The highest BCUT2D eigenvalue weighted by atomic mass is 32.2. The molecule has 0 radical (unpaired) electrons. The van der Waals surface area contributed by atoms with Crippen molar-refractivity contribution >= 4 is 17.6 Å². The van der Waals surface area contributed by atoms with Crippen molar-refractivity contribution in [1.29, 1.82) is 0 Å². The van der Waals surface area contributed by atoms with E-state index in [1.807, 2.05) is 18.7 Å². The van der Waals surface area contributed by atoms with Gasteiger partial charge in [0.15, 0.2) is 5.82 Å². The van der Waals surface area contributed by atoms with Crippen LogP contribution >= 0.6 is 11.8 Å². The summed E-state index contributed by atoms with van der Waals surface area (Å²) < 4.78 is 0. The van der Waals surface area contributed by atoms with Gasteiger partial charge in [-0.15, -0.1) is 11.8 Å². The lowest BCUT2D eigenvalue weighted by Crippen LogP contribution is -2.06. The number of rotatable bonds is 4. The second-order valence-corrected chi connectivity index (χ2v) is 6.38. The quantitative estimate of drug-likeness (QED) is 0.853. The van der Waals surface area contributed by atoms with Gasteiger partial charge in [0.05, 0.1) is 0 Å². The van der Waals surface area contributed by atoms with Gasteiger partial charge in [-0.3, -0.25) is 0 Å². The maximum Gasteiger partial charge on any atom is 0.161 e. The molecule has 0 aliphatic heterocycles. The van der Waals surface area contributed by atoms with E-state index in [2.05, 4.69) is 55.0 Å². The molecule has 0 bridgehead atoms. The van der Waals surface area contributed by atoms with Crippen molar-refractivity contribution in [1.82, 2.24) is 9.97 Å². The number of benzene rings is 1. The Morgan fingerprint density at radius 2 is 1.80 bits per heavy atom. The van der Waals surface area contributed by atoms with Crippen molar-refractivity contribution in [3.8, 4) is 11.4 Å². The van der Waals surface area contributed by atoms with Gasteiger partial charge in [0, 0.05) is 21.7 Å². The lowest BCUT2D eigenvalue weighted by Gasteiger charge is -2.13. The first-order valence-corrected chi connectivity index (χ1v) is 7.88. The lowest BCUT2D eigenvalue weighted by molar-refractivity contribution is 0.836. The third-order valence-corrected chi connectivity index (χ3v) is 4.06. The molecule has 1 aromatic heterocycles. The summed E-state index contributed by atoms with van der Waals surface area (Å²) in [6, 6.07) is 8.33. The van der Waals surface area contributed by atoms with Crippen LogP contribution in [0.2, 0.25) is 0 Å². The first kappa shape index (κ1) is 14.9. The summed E-state index contributed by atoms with van der Waals surface area (Å²) in [5.74, 6) is 2.71. The van der Waals surface area contributed by atoms with Crippen molar-refractivity contribution in [2.45, 2.75) is 38.5 Å². The molecule has 0 amide bonds. The topological polar surface area (TPSA) is 51.8 Å². The third kappa shape index (κ3) is 3.12. The summed E-state index contributed by atoms with van der Waals surface area (Å²) in [6.45, 7) is 8.37. The van der Waals surface area contributed by atoms with Gasteiger partial charge in [0.1, 0.15) is 5.82 Å². The average molecular weight is 287 g/mol. The number of nitrogen functional groups attached to an aromatic ring is 1. The van der Waals surface area contributed by atoms with Crippen LogP contribution in [-0.2, 0) is 0 Å². The smallest absolute Gasteiger partial charge is 0.161 e. The van der Waals surface area contributed by atoms with Gasteiger partial charge in [-0.2, -0.15) is 0 Å². The summed E-state index contributed by atoms with van der Waals surface area (Å²) in [6.07, 6.45) is 0. The second-order valence-electron chi connectivity index (χ2n) is 5.04. The Labute approximate surface area is 125 Å². The molecule has 0 aliphatic carbocycles. The van der Waals surface area contributed by atoms with Crippen LogP contribution in [0.3, 0.4) is 0 Å². The number of thioether (sulfide) groups is 1. The Morgan fingerprint density at radius 3 is 2.30 bits per heavy atom. The van der Waals surface area contributed by atoms with E-state index < -0.39 is 0 Å². The molecule has 20 heavy (non-hydrogen) atoms. The Hall–Kier alpha value is -1.55. The standard InChI is InChI=1S/C16H21N3S/c1-5-20-13-8-6-12(7-9-13)16-18-11(4)14(10(2)3)15(17)19-16/h6-10H,5H2,1-4H3,(H2,17,18,19). The van der Waals surface area contributed by atoms with Crippen LogP contribution in [0.4, 0.5) is 5.82 Å². The van der Waals surface area contributed by atoms with Crippen LogP contribution in [-0.4, -0.2) is 15.7 Å². The van der Waals surface area contributed by atoms with Gasteiger partial charge in [-0.25, -0.2) is 9.97 Å². The van der Waals surface area contributed by atoms with Gasteiger partial charge < -0.3 is 5.73 Å². The molecule has 0 saturated heterocycles. The minimum Gasteiger partial charge on any atom is -0.383 e. The minimum absolute atomic E-state index is 0.340. The molecule has 0 atom stereocenters. The van der Waals surface area contributed by atoms with Crippen LogP contribution in [0, 0.1) is 6.92 Å². The molecule has 0 aliphatic rings. The summed E-state index contributed by atoms with van der Waals surface area (Å²) >= 11 is 1.83. The number of aromatic nitrogens is 2. The molecule has 2 rings (SSSR count). The van der Waals surface area contributed by atoms with Crippen molar-refractivity contribution in [3.05, 3.63) is 35.5 Å². The molecular weight excluding hydrogens is 266 g/mol. The van der Waals surface area contributed by atoms with Gasteiger partial charge in [0.2, 0.25) is 0 Å². The Bertz CT molecular complexity index is 568. The van der Waals surface area contributed by atoms with Crippen LogP contribution in [0.25, 0.3) is 11.4 Å². The van der Waals surface area contributed by atoms with Crippen LogP contribution in [0.1, 0.15) is 37.9 Å². The van der Waals surface area contributed by atoms with E-state index in [9.17, 15) is 0 Å².